The number of carboxylic acid groups (broad SMARTS) is 2. The summed E-state index contributed by atoms with van der Waals surface area (Å²) in [6.45, 7) is 13.6. The molecule has 5 heterocycles. The Hall–Kier alpha value is -2.77. The first-order valence-corrected chi connectivity index (χ1v) is 30.7. The van der Waals surface area contributed by atoms with Crippen LogP contribution in [0, 0.1) is 50.2 Å². The average Bonchev–Trinajstić information content (AvgIpc) is 0.675. The van der Waals surface area contributed by atoms with Gasteiger partial charge >= 0.3 is 17.9 Å². The standard InChI is InChI=1S/C59H92O29/c1-21-30(63)34(67)44(86-48-38(71)35(68)41(22(2)81-48)83-49-37(70)33(66)32(65)27(19-60)82-49)51(80-21)88-53(78)59-15-13-54(3,4)17-24(59)23-9-10-28-55(5)18-25(61)45(58(8,52(76)77)29(55)11-12-57(28,7)56(23,6)14-16-59)87-50-40(73)42(39(72)43(85-50)46(74)75)84-47-36(69)31(64)26(62)20-79-47/h9,21-22,24-45,47-51,60-73H,10-20H2,1-8H3,(H,74,75)(H,76,77)/t21-,22+,24?,25+,26-,27-,28?,29?,30+,31+,32-,33+,34+,35+,36-,37-,38-,39+,40-,41+,42+,43+,44-,45+,47+,48+,49+,50+,51+,55-,56-,57-,58+,59+/m1/s1. The first kappa shape index (κ1) is 68.1. The minimum Gasteiger partial charge on any atom is -0.481 e. The van der Waals surface area contributed by atoms with Crippen LogP contribution in [0.2, 0.25) is 0 Å². The van der Waals surface area contributed by atoms with Crippen molar-refractivity contribution in [2.24, 2.45) is 50.2 Å². The molecular weight excluding hydrogens is 1170 g/mol. The number of esters is 1. The summed E-state index contributed by atoms with van der Waals surface area (Å²) in [4.78, 5) is 42.0. The Bertz CT molecular complexity index is 2580. The van der Waals surface area contributed by atoms with E-state index in [2.05, 4.69) is 33.8 Å². The highest BCUT2D eigenvalue weighted by atomic mass is 16.8. The Morgan fingerprint density at radius 3 is 1.81 bits per heavy atom. The smallest absolute Gasteiger partial charge is 0.335 e. The van der Waals surface area contributed by atoms with E-state index in [1.54, 1.807) is 0 Å². The molecule has 10 aliphatic rings. The lowest BCUT2D eigenvalue weighted by atomic mass is 9.33. The summed E-state index contributed by atoms with van der Waals surface area (Å²) in [7, 11) is 0. The SMILES string of the molecule is C[C@@H]1O[C@@H](O[C@H]2[C@H](OC(=O)[C@]34CCC(C)(C)CC3C3=CCC5[C@@]6(C)C[C@H](O)[C@H](O[C@@H]7O[C@H](C(=O)O)[C@@H](O)[C@H](O[C@@H]8OC[C@@H](O)[C@H](O)[C@H]8O)[C@H]7O)[C@@](C)(C(=O)O)C6CC[C@@]5(C)[C@]3(C)CC4)O[C@H](C)[C@H](O)[C@@H]2O)[C@H](O)[C@H](O)[C@H]1O[C@@H]1O[C@H](CO)[C@@H](O)[C@H](O)[C@H]1O. The van der Waals surface area contributed by atoms with Crippen molar-refractivity contribution < 1.29 is 143 Å². The average molecular weight is 1270 g/mol. The highest BCUT2D eigenvalue weighted by Crippen LogP contribution is 2.76. The molecule has 29 nitrogen and oxygen atoms in total. The van der Waals surface area contributed by atoms with Crippen LogP contribution in [0.5, 0.6) is 0 Å². The lowest BCUT2D eigenvalue weighted by molar-refractivity contribution is -0.377. The number of aliphatic carboxylic acids is 2. The number of hydrogen-bond donors (Lipinski definition) is 16. The summed E-state index contributed by atoms with van der Waals surface area (Å²) in [6, 6.07) is 0. The van der Waals surface area contributed by atoms with Crippen LogP contribution in [0.1, 0.15) is 113 Å². The zero-order valence-corrected chi connectivity index (χ0v) is 50.6. The van der Waals surface area contributed by atoms with Crippen molar-refractivity contribution in [2.45, 2.75) is 273 Å². The number of carbonyl (C=O) groups is 3. The van der Waals surface area contributed by atoms with E-state index in [9.17, 15) is 91.3 Å². The van der Waals surface area contributed by atoms with Gasteiger partial charge in [-0.2, -0.15) is 0 Å². The van der Waals surface area contributed by atoms with Crippen LogP contribution in [-0.2, 0) is 61.8 Å². The molecule has 3 unspecified atom stereocenters. The second kappa shape index (κ2) is 24.5. The predicted molar refractivity (Wildman–Crippen MR) is 291 cm³/mol. The summed E-state index contributed by atoms with van der Waals surface area (Å²) < 4.78 is 58.7. The third-order valence-corrected chi connectivity index (χ3v) is 23.1. The van der Waals surface area contributed by atoms with Gasteiger partial charge in [0.25, 0.3) is 0 Å². The summed E-state index contributed by atoms with van der Waals surface area (Å²) in [5, 5.41) is 174. The number of aliphatic hydroxyl groups is 14. The molecule has 0 bridgehead atoms. The second-order valence-corrected chi connectivity index (χ2v) is 28.6. The normalized spacial score (nSPS) is 54.5. The van der Waals surface area contributed by atoms with Crippen molar-refractivity contribution in [3.8, 4) is 0 Å². The molecule has 0 radical (unpaired) electrons. The van der Waals surface area contributed by atoms with E-state index in [4.69, 9.17) is 47.4 Å². The molecule has 5 aliphatic heterocycles. The number of aliphatic hydroxyl groups excluding tert-OH is 14. The molecule has 88 heavy (non-hydrogen) atoms. The van der Waals surface area contributed by atoms with Crippen LogP contribution in [0.15, 0.2) is 11.6 Å². The number of rotatable bonds is 13. The van der Waals surface area contributed by atoms with Crippen LogP contribution < -0.4 is 0 Å². The maximum absolute atomic E-state index is 15.5. The number of ether oxygens (including phenoxy) is 10. The molecular formula is C59H92O29. The monoisotopic (exact) mass is 1260 g/mol. The summed E-state index contributed by atoms with van der Waals surface area (Å²) >= 11 is 0. The van der Waals surface area contributed by atoms with Gasteiger partial charge in [-0.15, -0.1) is 0 Å². The van der Waals surface area contributed by atoms with Gasteiger partial charge in [0.15, 0.2) is 37.4 Å². The van der Waals surface area contributed by atoms with Gasteiger partial charge in [0.2, 0.25) is 6.29 Å². The van der Waals surface area contributed by atoms with Crippen molar-refractivity contribution in [1.82, 2.24) is 0 Å². The van der Waals surface area contributed by atoms with Crippen LogP contribution >= 0.6 is 0 Å². The molecule has 34 atom stereocenters. The summed E-state index contributed by atoms with van der Waals surface area (Å²) in [6.07, 6.45) is -39.6. The largest absolute Gasteiger partial charge is 0.481 e. The van der Waals surface area contributed by atoms with Crippen LogP contribution in [0.4, 0.5) is 0 Å². The molecule has 5 saturated heterocycles. The highest BCUT2D eigenvalue weighted by molar-refractivity contribution is 5.79. The number of carbonyl (C=O) groups excluding carboxylic acids is 1. The van der Waals surface area contributed by atoms with Gasteiger partial charge < -0.3 is 129 Å². The molecule has 16 N–H and O–H groups in total. The molecule has 5 aliphatic carbocycles. The minimum atomic E-state index is -2.15. The van der Waals surface area contributed by atoms with E-state index in [1.165, 1.54) is 20.8 Å². The molecule has 0 spiro atoms. The van der Waals surface area contributed by atoms with Gasteiger partial charge in [-0.1, -0.05) is 46.3 Å². The first-order chi connectivity index (χ1) is 41.0. The Morgan fingerprint density at radius 1 is 0.557 bits per heavy atom. The van der Waals surface area contributed by atoms with Gasteiger partial charge in [-0.05, 0) is 118 Å². The highest BCUT2D eigenvalue weighted by Gasteiger charge is 2.73. The molecule has 0 amide bonds. The zero-order valence-electron chi connectivity index (χ0n) is 50.6. The van der Waals surface area contributed by atoms with Gasteiger partial charge in [0.05, 0.1) is 42.4 Å². The van der Waals surface area contributed by atoms with E-state index in [0.717, 1.165) is 5.57 Å². The van der Waals surface area contributed by atoms with Crippen molar-refractivity contribution in [2.75, 3.05) is 13.2 Å². The first-order valence-electron chi connectivity index (χ1n) is 30.7. The van der Waals surface area contributed by atoms with Crippen molar-refractivity contribution in [3.63, 3.8) is 0 Å². The van der Waals surface area contributed by atoms with E-state index in [1.807, 2.05) is 6.92 Å². The Morgan fingerprint density at radius 2 is 1.15 bits per heavy atom. The van der Waals surface area contributed by atoms with Gasteiger partial charge in [-0.3, -0.25) is 9.59 Å². The van der Waals surface area contributed by atoms with Gasteiger partial charge in [0.1, 0.15) is 97.7 Å². The number of carboxylic acids is 2. The fraction of sp³-hybridized carbons (Fsp3) is 0.915. The fourth-order valence-electron chi connectivity index (χ4n) is 17.7. The van der Waals surface area contributed by atoms with Crippen molar-refractivity contribution in [1.29, 1.82) is 0 Å². The molecule has 10 rings (SSSR count). The van der Waals surface area contributed by atoms with Gasteiger partial charge in [-0.25, -0.2) is 4.79 Å². The molecule has 9 fully saturated rings. The van der Waals surface area contributed by atoms with Crippen LogP contribution in [-0.4, -0.2) is 272 Å². The van der Waals surface area contributed by atoms with E-state index >= 15 is 4.79 Å². The third-order valence-electron chi connectivity index (χ3n) is 23.1. The zero-order chi connectivity index (χ0) is 64.6. The molecule has 0 aromatic rings. The lowest BCUT2D eigenvalue weighted by Crippen LogP contribution is -2.70. The Kier molecular flexibility index (Phi) is 19.0. The molecule has 502 valence electrons. The number of hydrogen-bond acceptors (Lipinski definition) is 27. The van der Waals surface area contributed by atoms with Crippen molar-refractivity contribution >= 4 is 17.9 Å². The molecule has 0 aromatic carbocycles. The van der Waals surface area contributed by atoms with Crippen LogP contribution in [0.25, 0.3) is 0 Å². The van der Waals surface area contributed by atoms with Crippen LogP contribution in [0.3, 0.4) is 0 Å². The number of allylic oxidation sites excluding steroid dienone is 2. The molecule has 4 saturated carbocycles. The fourth-order valence-corrected chi connectivity index (χ4v) is 17.7. The summed E-state index contributed by atoms with van der Waals surface area (Å²) in [5.74, 6) is -5.17. The number of fused-ring (bicyclic) bond motifs is 7. The van der Waals surface area contributed by atoms with Crippen molar-refractivity contribution in [3.05, 3.63) is 11.6 Å². The third kappa shape index (κ3) is 11.0. The maximum Gasteiger partial charge on any atom is 0.335 e. The summed E-state index contributed by atoms with van der Waals surface area (Å²) in [5.41, 5.74) is -4.52. The quantitative estimate of drug-likeness (QED) is 0.0486. The molecule has 29 heteroatoms. The maximum atomic E-state index is 15.5. The van der Waals surface area contributed by atoms with E-state index in [0.29, 0.717) is 51.4 Å². The Balaban J connectivity index is 0.887. The second-order valence-electron chi connectivity index (χ2n) is 28.6. The van der Waals surface area contributed by atoms with Gasteiger partial charge in [0, 0.05) is 0 Å². The van der Waals surface area contributed by atoms with E-state index < -0.39 is 230 Å². The molecule has 0 aromatic heterocycles. The minimum absolute atomic E-state index is 0.0195. The van der Waals surface area contributed by atoms with E-state index in [-0.39, 0.29) is 17.8 Å². The predicted octanol–water partition coefficient (Wildman–Crippen LogP) is -3.39. The Labute approximate surface area is 507 Å². The topological polar surface area (TPSA) is 467 Å². The lowest BCUT2D eigenvalue weighted by Gasteiger charge is -2.71.